The lowest BCUT2D eigenvalue weighted by atomic mass is 10.1. The van der Waals surface area contributed by atoms with Gasteiger partial charge in [0.15, 0.2) is 0 Å². The molecule has 0 aromatic carbocycles. The molecule has 6 rings (SSSR count). The second-order valence-electron chi connectivity index (χ2n) is 18.0. The lowest BCUT2D eigenvalue weighted by molar-refractivity contribution is -0.197. The maximum atomic E-state index is 13.5. The number of rotatable bonds is 16. The van der Waals surface area contributed by atoms with Gasteiger partial charge in [-0.25, -0.2) is 4.79 Å². The van der Waals surface area contributed by atoms with Crippen LogP contribution in [0.1, 0.15) is 132 Å². The number of hydroxylamine groups is 6. The van der Waals surface area contributed by atoms with Crippen molar-refractivity contribution < 1.29 is 52.8 Å². The number of aromatic nitrogens is 2. The average Bonchev–Trinajstić information content (AvgIpc) is 3.69. The number of hydrogen-bond acceptors (Lipinski definition) is 19. The third-order valence-corrected chi connectivity index (χ3v) is 12.2. The molecule has 29 heteroatoms. The highest BCUT2D eigenvalue weighted by molar-refractivity contribution is 6.01. The van der Waals surface area contributed by atoms with E-state index in [0.717, 1.165) is 38.4 Å². The van der Waals surface area contributed by atoms with E-state index in [-0.39, 0.29) is 110 Å². The molecule has 29 nitrogen and oxygen atoms in total. The van der Waals surface area contributed by atoms with Crippen molar-refractivity contribution in [2.45, 2.75) is 95.9 Å². The Hall–Kier alpha value is -7.76. The number of hydrogen-bond donors (Lipinski definition) is 5. The highest BCUT2D eigenvalue weighted by Crippen LogP contribution is 2.14. The SMILES string of the molecule is CN([O-])C(=O)CCN1CCCCN(CCC(=O)N(C)[O-])CCCNC(=O)c2ccc(n([O-])c2=O)C(=O)N[C@@H](CCCCNC(=O)CCCC(=O)ON2C(=O)CCC2=O)CNC(=O)c2ccc(c(=O)n2[O-])C(=O)NCCC1. The van der Waals surface area contributed by atoms with Crippen molar-refractivity contribution in [3.63, 3.8) is 0 Å². The maximum Gasteiger partial charge on any atom is 0.333 e. The first kappa shape index (κ1) is 60.8. The summed E-state index contributed by atoms with van der Waals surface area (Å²) in [6.07, 6.45) is 1.74. The van der Waals surface area contributed by atoms with Gasteiger partial charge in [0.1, 0.15) is 22.5 Å². The first-order valence-electron chi connectivity index (χ1n) is 24.9. The standard InChI is InChI=1S/C47H64N12O17/c1-53(72)37(61)19-28-55-24-5-6-25-56(29-20-38(62)54(2)73)27-9-23-50-43(67)33-14-16-35(58(75)47(33)71)45(69)52-31(30-51-44(68)34-15-13-32(46(70)57(34)74)42(66)49-22-8-26-55)10-3-4-21-48-36(60)11-7-12-41(65)76-59-39(63)17-18-40(59)64/h13-16,31H,3-12,17-30H2,1-2H3,(H,48,60)(H,49,66)(H,50,67)(H,51,68)(H,52,69)/q-4/t31-/m0/s1. The van der Waals surface area contributed by atoms with E-state index in [1.54, 1.807) is 0 Å². The van der Waals surface area contributed by atoms with Gasteiger partial charge in [-0.05, 0) is 116 Å². The highest BCUT2D eigenvalue weighted by atomic mass is 16.7. The van der Waals surface area contributed by atoms with Crippen LogP contribution in [-0.2, 0) is 33.6 Å². The molecule has 0 spiro atoms. The summed E-state index contributed by atoms with van der Waals surface area (Å²) in [5.41, 5.74) is -5.27. The number of carbonyl (C=O) groups excluding carboxylic acids is 10. The molecule has 0 aliphatic carbocycles. The van der Waals surface area contributed by atoms with Crippen LogP contribution in [0.2, 0.25) is 0 Å². The first-order valence-corrected chi connectivity index (χ1v) is 24.9. The summed E-state index contributed by atoms with van der Waals surface area (Å²) in [7, 11) is 2.17. The average molecular weight is 1070 g/mol. The molecule has 2 aromatic rings. The van der Waals surface area contributed by atoms with Crippen molar-refractivity contribution >= 4 is 59.1 Å². The van der Waals surface area contributed by atoms with Crippen LogP contribution >= 0.6 is 0 Å². The van der Waals surface area contributed by atoms with E-state index >= 15 is 0 Å². The van der Waals surface area contributed by atoms with Gasteiger partial charge in [0.2, 0.25) is 17.7 Å². The Balaban J connectivity index is 1.48. The minimum Gasteiger partial charge on any atom is -0.803 e. The first-order chi connectivity index (χ1) is 36.2. The molecule has 4 aliphatic rings. The van der Waals surface area contributed by atoms with Gasteiger partial charge in [-0.2, -0.15) is 0 Å². The molecule has 76 heavy (non-hydrogen) atoms. The molecule has 9 amide bonds. The van der Waals surface area contributed by atoms with Gasteiger partial charge in [-0.1, -0.05) is 0 Å². The van der Waals surface area contributed by atoms with Crippen molar-refractivity contribution in [3.8, 4) is 0 Å². The van der Waals surface area contributed by atoms with Gasteiger partial charge in [-0.15, -0.1) is 5.06 Å². The number of imide groups is 1. The Labute approximate surface area is 435 Å². The molecule has 4 bridgehead atoms. The maximum absolute atomic E-state index is 13.5. The van der Waals surface area contributed by atoms with Gasteiger partial charge in [0.25, 0.3) is 46.6 Å². The van der Waals surface area contributed by atoms with E-state index in [1.165, 1.54) is 0 Å². The molecule has 1 atom stereocenters. The fourth-order valence-corrected chi connectivity index (χ4v) is 7.91. The number of carbonyl (C=O) groups is 10. The summed E-state index contributed by atoms with van der Waals surface area (Å²) >= 11 is 0. The zero-order valence-electron chi connectivity index (χ0n) is 42.4. The highest BCUT2D eigenvalue weighted by Gasteiger charge is 2.33. The molecular weight excluding hydrogens is 1000 g/mol. The third-order valence-electron chi connectivity index (χ3n) is 12.2. The normalized spacial score (nSPS) is 17.3. The largest absolute Gasteiger partial charge is 0.803 e. The van der Waals surface area contributed by atoms with E-state index < -0.39 is 105 Å². The summed E-state index contributed by atoms with van der Waals surface area (Å²) in [6.45, 7) is 1.70. The van der Waals surface area contributed by atoms with E-state index in [9.17, 15) is 78.4 Å². The van der Waals surface area contributed by atoms with Crippen LogP contribution in [0.15, 0.2) is 33.9 Å². The summed E-state index contributed by atoms with van der Waals surface area (Å²) < 4.78 is -0.556. The Morgan fingerprint density at radius 2 is 1.11 bits per heavy atom. The molecule has 6 heterocycles. The molecule has 4 aliphatic heterocycles. The van der Waals surface area contributed by atoms with E-state index in [0.29, 0.717) is 63.3 Å². The van der Waals surface area contributed by atoms with E-state index in [1.807, 2.05) is 9.80 Å². The van der Waals surface area contributed by atoms with Crippen LogP contribution in [0.5, 0.6) is 0 Å². The molecule has 5 N–H and O–H groups in total. The topological polar surface area (TPSA) is 393 Å². The van der Waals surface area contributed by atoms with Crippen LogP contribution in [0.4, 0.5) is 0 Å². The van der Waals surface area contributed by atoms with Crippen molar-refractivity contribution in [2.24, 2.45) is 0 Å². The Morgan fingerprint density at radius 3 is 1.61 bits per heavy atom. The van der Waals surface area contributed by atoms with Crippen molar-refractivity contribution in [3.05, 3.63) is 88.3 Å². The molecule has 1 fully saturated rings. The zero-order chi connectivity index (χ0) is 55.9. The molecular formula is C47H64N12O17-4. The monoisotopic (exact) mass is 1070 g/mol. The Bertz CT molecular complexity index is 2530. The predicted molar refractivity (Wildman–Crippen MR) is 268 cm³/mol. The number of pyridine rings is 2. The summed E-state index contributed by atoms with van der Waals surface area (Å²) in [6, 6.07) is 2.86. The van der Waals surface area contributed by atoms with Crippen LogP contribution in [0.25, 0.3) is 0 Å². The van der Waals surface area contributed by atoms with Gasteiger partial charge < -0.3 is 81.6 Å². The summed E-state index contributed by atoms with van der Waals surface area (Å²) in [5.74, 6) is -7.87. The zero-order valence-corrected chi connectivity index (χ0v) is 42.4. The third kappa shape index (κ3) is 19.2. The molecule has 0 radical (unpaired) electrons. The number of unbranched alkanes of at least 4 members (excludes halogenated alkanes) is 1. The van der Waals surface area contributed by atoms with Crippen LogP contribution in [-0.4, -0.2) is 179 Å². The fourth-order valence-electron chi connectivity index (χ4n) is 7.91. The molecule has 0 saturated carbocycles. The van der Waals surface area contributed by atoms with Crippen LogP contribution in [0, 0.1) is 20.8 Å². The van der Waals surface area contributed by atoms with E-state index in [2.05, 4.69) is 26.6 Å². The predicted octanol–water partition coefficient (Wildman–Crippen LogP) is -1.38. The lowest BCUT2D eigenvalue weighted by Gasteiger charge is -2.27. The van der Waals surface area contributed by atoms with Crippen molar-refractivity contribution in [1.82, 2.24) is 61.0 Å². The number of fused-ring (bicyclic) bond motifs is 2. The molecule has 0 unspecified atom stereocenters. The number of amides is 9. The molecule has 2 aromatic heterocycles. The van der Waals surface area contributed by atoms with Gasteiger partial charge in [0.05, 0.1) is 0 Å². The second-order valence-corrected chi connectivity index (χ2v) is 18.0. The van der Waals surface area contributed by atoms with E-state index in [4.69, 9.17) is 4.84 Å². The van der Waals surface area contributed by atoms with Crippen molar-refractivity contribution in [2.75, 3.05) is 79.5 Å². The van der Waals surface area contributed by atoms with Gasteiger partial charge in [0, 0.05) is 83.8 Å². The fraction of sp³-hybridized carbons (Fsp3) is 0.574. The minimum absolute atomic E-state index is 0.0187. The van der Waals surface area contributed by atoms with Crippen LogP contribution < -0.4 is 37.7 Å². The van der Waals surface area contributed by atoms with Crippen molar-refractivity contribution in [1.29, 1.82) is 0 Å². The Kier molecular flexibility index (Phi) is 24.5. The Morgan fingerprint density at radius 1 is 0.618 bits per heavy atom. The second kappa shape index (κ2) is 30.6. The summed E-state index contributed by atoms with van der Waals surface area (Å²) in [4.78, 5) is 160. The lowest BCUT2D eigenvalue weighted by Crippen LogP contribution is -2.46. The molecule has 1 saturated heterocycles. The minimum atomic E-state index is -1.36. The van der Waals surface area contributed by atoms with Gasteiger partial charge in [-0.3, -0.25) is 52.7 Å². The number of nitrogens with one attached hydrogen (secondary N) is 5. The van der Waals surface area contributed by atoms with Crippen LogP contribution in [0.3, 0.4) is 0 Å². The molecule has 418 valence electrons. The summed E-state index contributed by atoms with van der Waals surface area (Å²) in [5, 5.41) is 63.1. The number of nitrogens with zero attached hydrogens (tertiary/aromatic N) is 7. The smallest absolute Gasteiger partial charge is 0.333 e. The van der Waals surface area contributed by atoms with Gasteiger partial charge >= 0.3 is 5.97 Å². The quantitative estimate of drug-likeness (QED) is 0.0735.